The van der Waals surface area contributed by atoms with Gasteiger partial charge in [0.25, 0.3) is 5.91 Å². The minimum atomic E-state index is -0.159. The molecule has 2 amide bonds. The molecule has 1 heterocycles. The van der Waals surface area contributed by atoms with Gasteiger partial charge in [-0.25, -0.2) is 4.98 Å². The van der Waals surface area contributed by atoms with Crippen molar-refractivity contribution in [1.29, 1.82) is 0 Å². The normalized spacial score (nSPS) is 10.9. The molecule has 0 saturated heterocycles. The molecule has 1 aromatic heterocycles. The molecule has 0 radical (unpaired) electrons. The smallest absolute Gasteiger partial charge is 0.254 e. The van der Waals surface area contributed by atoms with E-state index >= 15 is 0 Å². The van der Waals surface area contributed by atoms with Crippen LogP contribution in [0.1, 0.15) is 31.1 Å². The predicted molar refractivity (Wildman–Crippen MR) is 80.9 cm³/mol. The molecule has 2 N–H and O–H groups in total. The summed E-state index contributed by atoms with van der Waals surface area (Å²) in [6, 6.07) is 5.34. The van der Waals surface area contributed by atoms with Crippen molar-refractivity contribution >= 4 is 22.8 Å². The highest BCUT2D eigenvalue weighted by molar-refractivity contribution is 5.99. The fraction of sp³-hybridized carbons (Fsp3) is 0.400. The topological polar surface area (TPSA) is 78.1 Å². The van der Waals surface area contributed by atoms with Gasteiger partial charge in [0.05, 0.1) is 23.9 Å². The van der Waals surface area contributed by atoms with E-state index in [0.717, 1.165) is 11.0 Å². The monoisotopic (exact) mass is 288 g/mol. The molecular weight excluding hydrogens is 268 g/mol. The molecule has 0 aliphatic rings. The van der Waals surface area contributed by atoms with Gasteiger partial charge in [0.15, 0.2) is 0 Å². The first-order valence-corrected chi connectivity index (χ1v) is 7.03. The Hall–Kier alpha value is -2.37. The second-order valence-corrected chi connectivity index (χ2v) is 5.18. The molecule has 6 heteroatoms. The summed E-state index contributed by atoms with van der Waals surface area (Å²) in [5, 5.41) is 2.79. The summed E-state index contributed by atoms with van der Waals surface area (Å²) in [6.07, 6.45) is 1.59. The average molecular weight is 288 g/mol. The maximum atomic E-state index is 12.5. The maximum absolute atomic E-state index is 12.5. The molecule has 1 aromatic carbocycles. The molecule has 2 rings (SSSR count). The van der Waals surface area contributed by atoms with E-state index in [1.165, 1.54) is 4.90 Å². The number of nitrogens with one attached hydrogen (secondary N) is 2. The Balaban J connectivity index is 2.13. The fourth-order valence-corrected chi connectivity index (χ4v) is 2.12. The summed E-state index contributed by atoms with van der Waals surface area (Å²) in [5.74, 6) is -0.310. The molecule has 0 unspecified atom stereocenters. The molecule has 0 spiro atoms. The van der Waals surface area contributed by atoms with Crippen molar-refractivity contribution in [2.24, 2.45) is 0 Å². The van der Waals surface area contributed by atoms with E-state index in [0.29, 0.717) is 12.1 Å². The van der Waals surface area contributed by atoms with Crippen molar-refractivity contribution in [3.63, 3.8) is 0 Å². The van der Waals surface area contributed by atoms with E-state index in [-0.39, 0.29) is 24.4 Å². The number of carbonyl (C=O) groups is 2. The number of aromatic amines is 1. The lowest BCUT2D eigenvalue weighted by molar-refractivity contribution is -0.122. The number of nitrogens with zero attached hydrogens (tertiary/aromatic N) is 2. The first kappa shape index (κ1) is 15.0. The molecule has 0 fully saturated rings. The van der Waals surface area contributed by atoms with Gasteiger partial charge < -0.3 is 15.2 Å². The van der Waals surface area contributed by atoms with Gasteiger partial charge in [0.2, 0.25) is 5.91 Å². The Morgan fingerprint density at radius 1 is 1.38 bits per heavy atom. The SMILES string of the molecule is CCN(CC(=O)NC(C)C)C(=O)c1ccc2nc[nH]c2c1. The number of hydrogen-bond acceptors (Lipinski definition) is 3. The highest BCUT2D eigenvalue weighted by Gasteiger charge is 2.18. The second-order valence-electron chi connectivity index (χ2n) is 5.18. The van der Waals surface area contributed by atoms with Crippen molar-refractivity contribution < 1.29 is 9.59 Å². The van der Waals surface area contributed by atoms with Gasteiger partial charge in [-0.3, -0.25) is 9.59 Å². The van der Waals surface area contributed by atoms with E-state index in [4.69, 9.17) is 0 Å². The van der Waals surface area contributed by atoms with Crippen LogP contribution in [0.3, 0.4) is 0 Å². The number of aromatic nitrogens is 2. The lowest BCUT2D eigenvalue weighted by Gasteiger charge is -2.21. The number of amides is 2. The third-order valence-corrected chi connectivity index (χ3v) is 3.12. The van der Waals surface area contributed by atoms with Crippen LogP contribution in [0.4, 0.5) is 0 Å². The van der Waals surface area contributed by atoms with E-state index in [9.17, 15) is 9.59 Å². The van der Waals surface area contributed by atoms with Crippen LogP contribution < -0.4 is 5.32 Å². The minimum Gasteiger partial charge on any atom is -0.352 e. The number of carbonyl (C=O) groups excluding carboxylic acids is 2. The Kier molecular flexibility index (Phi) is 4.57. The van der Waals surface area contributed by atoms with E-state index in [2.05, 4.69) is 15.3 Å². The summed E-state index contributed by atoms with van der Waals surface area (Å²) in [7, 11) is 0. The van der Waals surface area contributed by atoms with E-state index < -0.39 is 0 Å². The van der Waals surface area contributed by atoms with Crippen LogP contribution in [0.2, 0.25) is 0 Å². The van der Waals surface area contributed by atoms with Crippen LogP contribution in [0.5, 0.6) is 0 Å². The van der Waals surface area contributed by atoms with Crippen molar-refractivity contribution in [2.75, 3.05) is 13.1 Å². The Morgan fingerprint density at radius 2 is 2.14 bits per heavy atom. The highest BCUT2D eigenvalue weighted by Crippen LogP contribution is 2.13. The zero-order valence-electron chi connectivity index (χ0n) is 12.5. The summed E-state index contributed by atoms with van der Waals surface area (Å²) >= 11 is 0. The second kappa shape index (κ2) is 6.39. The van der Waals surface area contributed by atoms with Gasteiger partial charge in [0.1, 0.15) is 0 Å². The number of benzene rings is 1. The van der Waals surface area contributed by atoms with Crippen LogP contribution in [0.25, 0.3) is 11.0 Å². The number of hydrogen-bond donors (Lipinski definition) is 2. The van der Waals surface area contributed by atoms with Crippen molar-refractivity contribution in [3.8, 4) is 0 Å². The minimum absolute atomic E-state index is 0.0626. The third-order valence-electron chi connectivity index (χ3n) is 3.12. The van der Waals surface area contributed by atoms with Gasteiger partial charge in [-0.15, -0.1) is 0 Å². The molecule has 21 heavy (non-hydrogen) atoms. The fourth-order valence-electron chi connectivity index (χ4n) is 2.12. The highest BCUT2D eigenvalue weighted by atomic mass is 16.2. The first-order valence-electron chi connectivity index (χ1n) is 7.03. The van der Waals surface area contributed by atoms with Crippen LogP contribution in [0, 0.1) is 0 Å². The van der Waals surface area contributed by atoms with Gasteiger partial charge in [-0.2, -0.15) is 0 Å². The third kappa shape index (κ3) is 3.59. The van der Waals surface area contributed by atoms with Crippen molar-refractivity contribution in [2.45, 2.75) is 26.8 Å². The summed E-state index contributed by atoms with van der Waals surface area (Å²) < 4.78 is 0. The Morgan fingerprint density at radius 3 is 2.81 bits per heavy atom. The van der Waals surface area contributed by atoms with Gasteiger partial charge in [-0.1, -0.05) is 0 Å². The van der Waals surface area contributed by atoms with Crippen molar-refractivity contribution in [1.82, 2.24) is 20.2 Å². The number of fused-ring (bicyclic) bond motifs is 1. The van der Waals surface area contributed by atoms with Crippen LogP contribution in [-0.4, -0.2) is 45.8 Å². The largest absolute Gasteiger partial charge is 0.352 e. The van der Waals surface area contributed by atoms with Gasteiger partial charge in [-0.05, 0) is 39.0 Å². The number of imidazole rings is 1. The van der Waals surface area contributed by atoms with Crippen LogP contribution in [-0.2, 0) is 4.79 Å². The zero-order valence-corrected chi connectivity index (χ0v) is 12.5. The Bertz CT molecular complexity index is 648. The molecule has 0 bridgehead atoms. The molecule has 0 aliphatic carbocycles. The van der Waals surface area contributed by atoms with Crippen molar-refractivity contribution in [3.05, 3.63) is 30.1 Å². The quantitative estimate of drug-likeness (QED) is 0.876. The summed E-state index contributed by atoms with van der Waals surface area (Å²) in [4.78, 5) is 32.9. The molecule has 0 atom stereocenters. The lowest BCUT2D eigenvalue weighted by atomic mass is 10.1. The molecule has 6 nitrogen and oxygen atoms in total. The van der Waals surface area contributed by atoms with Crippen LogP contribution >= 0.6 is 0 Å². The van der Waals surface area contributed by atoms with E-state index in [1.54, 1.807) is 24.5 Å². The maximum Gasteiger partial charge on any atom is 0.254 e. The summed E-state index contributed by atoms with van der Waals surface area (Å²) in [6.45, 7) is 6.18. The number of likely N-dealkylation sites (N-methyl/N-ethyl adjacent to an activating group) is 1. The van der Waals surface area contributed by atoms with Gasteiger partial charge in [0, 0.05) is 18.2 Å². The molecule has 2 aromatic rings. The summed E-state index contributed by atoms with van der Waals surface area (Å²) in [5.41, 5.74) is 2.17. The zero-order chi connectivity index (χ0) is 15.4. The molecule has 112 valence electrons. The molecule has 0 aliphatic heterocycles. The lowest BCUT2D eigenvalue weighted by Crippen LogP contribution is -2.42. The number of rotatable bonds is 5. The standard InChI is InChI=1S/C15H20N4O2/c1-4-19(8-14(20)18-10(2)3)15(21)11-5-6-12-13(7-11)17-9-16-12/h5-7,9-10H,4,8H2,1-3H3,(H,16,17)(H,18,20). The molecular formula is C15H20N4O2. The van der Waals surface area contributed by atoms with Crippen LogP contribution in [0.15, 0.2) is 24.5 Å². The van der Waals surface area contributed by atoms with E-state index in [1.807, 2.05) is 20.8 Å². The predicted octanol–water partition coefficient (Wildman–Crippen LogP) is 1.55. The van der Waals surface area contributed by atoms with Gasteiger partial charge >= 0.3 is 0 Å². The Labute approximate surface area is 123 Å². The average Bonchev–Trinajstić information content (AvgIpc) is 2.90. The number of H-pyrrole nitrogens is 1. The molecule has 0 saturated carbocycles. The first-order chi connectivity index (χ1) is 10.0.